The Balaban J connectivity index is 2.28. The molecule has 0 aliphatic carbocycles. The number of ether oxygens (including phenoxy) is 1. The molecule has 0 fully saturated rings. The first-order chi connectivity index (χ1) is 9.16. The summed E-state index contributed by atoms with van der Waals surface area (Å²) in [4.78, 5) is 23.5. The topological polar surface area (TPSA) is 60.3 Å². The molecular formula is C14H22N2O3. The maximum Gasteiger partial charge on any atom is 0.263 e. The van der Waals surface area contributed by atoms with Crippen molar-refractivity contribution in [2.24, 2.45) is 7.05 Å². The fourth-order valence-corrected chi connectivity index (χ4v) is 1.59. The number of amides is 1. The van der Waals surface area contributed by atoms with E-state index in [1.54, 1.807) is 19.3 Å². The van der Waals surface area contributed by atoms with Crippen molar-refractivity contribution in [3.8, 4) is 0 Å². The van der Waals surface area contributed by atoms with Crippen LogP contribution in [0.2, 0.25) is 0 Å². The zero-order valence-electron chi connectivity index (χ0n) is 11.6. The summed E-state index contributed by atoms with van der Waals surface area (Å²) in [6.45, 7) is 4.03. The van der Waals surface area contributed by atoms with Crippen LogP contribution in [0.5, 0.6) is 0 Å². The summed E-state index contributed by atoms with van der Waals surface area (Å²) in [5, 5.41) is 2.73. The molecule has 1 heterocycles. The highest BCUT2D eigenvalue weighted by molar-refractivity contribution is 5.93. The van der Waals surface area contributed by atoms with Gasteiger partial charge >= 0.3 is 0 Å². The Hall–Kier alpha value is -1.62. The maximum atomic E-state index is 11.8. The minimum atomic E-state index is -0.324. The Morgan fingerprint density at radius 2 is 2.11 bits per heavy atom. The summed E-state index contributed by atoms with van der Waals surface area (Å²) in [6.07, 6.45) is 4.56. The average Bonchev–Trinajstić information content (AvgIpc) is 2.40. The van der Waals surface area contributed by atoms with Crippen LogP contribution in [0.3, 0.4) is 0 Å². The second-order valence-electron chi connectivity index (χ2n) is 4.41. The van der Waals surface area contributed by atoms with Crippen LogP contribution in [-0.2, 0) is 11.8 Å². The molecule has 0 aromatic carbocycles. The minimum absolute atomic E-state index is 0.178. The molecule has 0 atom stereocenters. The van der Waals surface area contributed by atoms with Gasteiger partial charge in [0.1, 0.15) is 5.56 Å². The number of aromatic nitrogens is 1. The normalized spacial score (nSPS) is 10.4. The lowest BCUT2D eigenvalue weighted by atomic mass is 10.2. The summed E-state index contributed by atoms with van der Waals surface area (Å²) in [5.74, 6) is -0.324. The third-order valence-electron chi connectivity index (χ3n) is 2.76. The van der Waals surface area contributed by atoms with E-state index in [-0.39, 0.29) is 17.0 Å². The third-order valence-corrected chi connectivity index (χ3v) is 2.76. The van der Waals surface area contributed by atoms with Gasteiger partial charge < -0.3 is 14.6 Å². The predicted octanol–water partition coefficient (Wildman–Crippen LogP) is 1.32. The molecule has 1 aromatic rings. The lowest BCUT2D eigenvalue weighted by molar-refractivity contribution is 0.0938. The molecule has 1 rings (SSSR count). The Morgan fingerprint density at radius 1 is 1.37 bits per heavy atom. The van der Waals surface area contributed by atoms with E-state index < -0.39 is 0 Å². The molecule has 0 unspecified atom stereocenters. The smallest absolute Gasteiger partial charge is 0.263 e. The largest absolute Gasteiger partial charge is 0.381 e. The van der Waals surface area contributed by atoms with Crippen molar-refractivity contribution in [3.05, 3.63) is 34.2 Å². The van der Waals surface area contributed by atoms with E-state index in [9.17, 15) is 9.59 Å². The number of pyridine rings is 1. The zero-order valence-corrected chi connectivity index (χ0v) is 11.6. The number of aryl methyl sites for hydroxylation is 1. The number of nitrogens with zero attached hydrogens (tertiary/aromatic N) is 1. The van der Waals surface area contributed by atoms with E-state index in [2.05, 4.69) is 12.2 Å². The van der Waals surface area contributed by atoms with Crippen LogP contribution >= 0.6 is 0 Å². The molecule has 0 aliphatic heterocycles. The molecule has 1 aromatic heterocycles. The molecule has 5 heteroatoms. The number of carbonyl (C=O) groups is 1. The average molecular weight is 266 g/mol. The van der Waals surface area contributed by atoms with Crippen molar-refractivity contribution < 1.29 is 9.53 Å². The molecule has 0 bridgehead atoms. The van der Waals surface area contributed by atoms with Gasteiger partial charge in [-0.3, -0.25) is 9.59 Å². The van der Waals surface area contributed by atoms with Gasteiger partial charge in [-0.1, -0.05) is 13.3 Å². The summed E-state index contributed by atoms with van der Waals surface area (Å²) in [6, 6.07) is 3.22. The van der Waals surface area contributed by atoms with E-state index >= 15 is 0 Å². The van der Waals surface area contributed by atoms with Crippen LogP contribution in [0, 0.1) is 0 Å². The number of unbranched alkanes of at least 4 members (excludes halogenated alkanes) is 1. The van der Waals surface area contributed by atoms with Gasteiger partial charge in [0, 0.05) is 33.0 Å². The molecule has 19 heavy (non-hydrogen) atoms. The molecule has 0 saturated heterocycles. The number of carbonyl (C=O) groups excluding carboxylic acids is 1. The van der Waals surface area contributed by atoms with Gasteiger partial charge in [0.05, 0.1) is 0 Å². The summed E-state index contributed by atoms with van der Waals surface area (Å²) in [5.41, 5.74) is -0.101. The van der Waals surface area contributed by atoms with Crippen LogP contribution < -0.4 is 10.9 Å². The lowest BCUT2D eigenvalue weighted by Crippen LogP contribution is -2.32. The van der Waals surface area contributed by atoms with Gasteiger partial charge in [-0.25, -0.2) is 0 Å². The Kier molecular flexibility index (Phi) is 6.89. The van der Waals surface area contributed by atoms with Crippen LogP contribution in [-0.4, -0.2) is 30.2 Å². The minimum Gasteiger partial charge on any atom is -0.381 e. The molecule has 5 nitrogen and oxygen atoms in total. The second kappa shape index (κ2) is 8.48. The highest BCUT2D eigenvalue weighted by atomic mass is 16.5. The van der Waals surface area contributed by atoms with Crippen molar-refractivity contribution in [2.45, 2.75) is 26.2 Å². The Labute approximate surface area is 113 Å². The van der Waals surface area contributed by atoms with E-state index in [4.69, 9.17) is 4.74 Å². The summed E-state index contributed by atoms with van der Waals surface area (Å²) in [7, 11) is 1.63. The van der Waals surface area contributed by atoms with Gasteiger partial charge in [-0.15, -0.1) is 0 Å². The number of hydrogen-bond donors (Lipinski definition) is 1. The van der Waals surface area contributed by atoms with E-state index in [1.807, 2.05) is 0 Å². The Morgan fingerprint density at radius 3 is 2.84 bits per heavy atom. The summed E-state index contributed by atoms with van der Waals surface area (Å²) >= 11 is 0. The SMILES string of the molecule is CCCCOCCCNC(=O)c1cccn(C)c1=O. The predicted molar refractivity (Wildman–Crippen MR) is 74.4 cm³/mol. The summed E-state index contributed by atoms with van der Waals surface area (Å²) < 4.78 is 6.78. The van der Waals surface area contributed by atoms with Gasteiger partial charge in [0.25, 0.3) is 11.5 Å². The van der Waals surface area contributed by atoms with Crippen LogP contribution in [0.25, 0.3) is 0 Å². The zero-order chi connectivity index (χ0) is 14.1. The number of rotatable bonds is 8. The Bertz CT molecular complexity index is 454. The lowest BCUT2D eigenvalue weighted by Gasteiger charge is -2.06. The van der Waals surface area contributed by atoms with Crippen LogP contribution in [0.1, 0.15) is 36.5 Å². The van der Waals surface area contributed by atoms with Crippen molar-refractivity contribution in [3.63, 3.8) is 0 Å². The maximum absolute atomic E-state index is 11.8. The molecule has 0 spiro atoms. The molecule has 0 saturated carbocycles. The first-order valence-corrected chi connectivity index (χ1v) is 6.68. The first-order valence-electron chi connectivity index (χ1n) is 6.68. The fraction of sp³-hybridized carbons (Fsp3) is 0.571. The highest BCUT2D eigenvalue weighted by Crippen LogP contribution is 1.92. The van der Waals surface area contributed by atoms with E-state index in [0.29, 0.717) is 13.2 Å². The van der Waals surface area contributed by atoms with Crippen molar-refractivity contribution in [2.75, 3.05) is 19.8 Å². The molecule has 0 radical (unpaired) electrons. The third kappa shape index (κ3) is 5.26. The van der Waals surface area contributed by atoms with Gasteiger partial charge in [0.2, 0.25) is 0 Å². The molecular weight excluding hydrogens is 244 g/mol. The van der Waals surface area contributed by atoms with E-state index in [1.165, 1.54) is 10.6 Å². The van der Waals surface area contributed by atoms with Crippen molar-refractivity contribution in [1.82, 2.24) is 9.88 Å². The second-order valence-corrected chi connectivity index (χ2v) is 4.41. The quantitative estimate of drug-likeness (QED) is 0.722. The molecule has 106 valence electrons. The fourth-order valence-electron chi connectivity index (χ4n) is 1.59. The molecule has 1 N–H and O–H groups in total. The van der Waals surface area contributed by atoms with Crippen LogP contribution in [0.15, 0.2) is 23.1 Å². The first kappa shape index (κ1) is 15.4. The van der Waals surface area contributed by atoms with Crippen molar-refractivity contribution in [1.29, 1.82) is 0 Å². The monoisotopic (exact) mass is 266 g/mol. The van der Waals surface area contributed by atoms with Crippen molar-refractivity contribution >= 4 is 5.91 Å². The molecule has 0 aliphatic rings. The number of hydrogen-bond acceptors (Lipinski definition) is 3. The van der Waals surface area contributed by atoms with E-state index in [0.717, 1.165) is 25.9 Å². The van der Waals surface area contributed by atoms with Gasteiger partial charge in [-0.2, -0.15) is 0 Å². The van der Waals surface area contributed by atoms with Gasteiger partial charge in [0.15, 0.2) is 0 Å². The highest BCUT2D eigenvalue weighted by Gasteiger charge is 2.09. The number of nitrogens with one attached hydrogen (secondary N) is 1. The van der Waals surface area contributed by atoms with Crippen LogP contribution in [0.4, 0.5) is 0 Å². The van der Waals surface area contributed by atoms with Gasteiger partial charge in [-0.05, 0) is 25.0 Å². The standard InChI is InChI=1S/C14H22N2O3/c1-3-4-10-19-11-6-8-15-13(17)12-7-5-9-16(2)14(12)18/h5,7,9H,3-4,6,8,10-11H2,1-2H3,(H,15,17). The molecule has 1 amide bonds.